The Labute approximate surface area is 166 Å². The molecule has 0 aromatic heterocycles. The van der Waals surface area contributed by atoms with Crippen molar-refractivity contribution in [2.75, 3.05) is 6.54 Å². The van der Waals surface area contributed by atoms with Gasteiger partial charge in [-0.15, -0.1) is 0 Å². The standard InChI is InChI=1S/C20H21F4N3OS/c21-14-8-13(9-15(22)11-14)16-3-1-2-12(19(16)23)10-18-17(4-7-26-18)27-29(25,28)20(24)5-6-20/h1-3,8-9,11,17-18,26H,4-7,10H2,(H2,25,27,28)/t17-,18-,29?/m0/s1. The van der Waals surface area contributed by atoms with Crippen LogP contribution in [-0.2, 0) is 16.3 Å². The minimum absolute atomic E-state index is 0.0772. The molecule has 9 heteroatoms. The van der Waals surface area contributed by atoms with Crippen molar-refractivity contribution in [3.05, 3.63) is 59.4 Å². The number of nitrogens with one attached hydrogen (secondary N) is 3. The van der Waals surface area contributed by atoms with Crippen LogP contribution in [0.4, 0.5) is 17.6 Å². The molecule has 2 aromatic rings. The molecule has 0 bridgehead atoms. The summed E-state index contributed by atoms with van der Waals surface area (Å²) in [7, 11) is -3.60. The normalized spacial score (nSPS) is 25.0. The molecule has 156 valence electrons. The average molecular weight is 427 g/mol. The molecule has 1 saturated carbocycles. The Morgan fingerprint density at radius 3 is 2.52 bits per heavy atom. The zero-order chi connectivity index (χ0) is 20.8. The fourth-order valence-corrected chi connectivity index (χ4v) is 5.33. The van der Waals surface area contributed by atoms with Crippen molar-refractivity contribution in [3.63, 3.8) is 0 Å². The van der Waals surface area contributed by atoms with Crippen LogP contribution < -0.4 is 10.0 Å². The summed E-state index contributed by atoms with van der Waals surface area (Å²) in [5.74, 6) is -2.19. The summed E-state index contributed by atoms with van der Waals surface area (Å²) in [5, 5.41) is 1.19. The number of benzene rings is 2. The highest BCUT2D eigenvalue weighted by Crippen LogP contribution is 2.45. The molecular weight excluding hydrogens is 406 g/mol. The van der Waals surface area contributed by atoms with Gasteiger partial charge < -0.3 is 5.32 Å². The van der Waals surface area contributed by atoms with Gasteiger partial charge in [0.15, 0.2) is 0 Å². The van der Waals surface area contributed by atoms with Crippen molar-refractivity contribution in [1.29, 1.82) is 4.78 Å². The monoisotopic (exact) mass is 427 g/mol. The second-order valence-corrected chi connectivity index (χ2v) is 9.73. The van der Waals surface area contributed by atoms with Gasteiger partial charge in [-0.05, 0) is 55.5 Å². The molecule has 29 heavy (non-hydrogen) atoms. The lowest BCUT2D eigenvalue weighted by atomic mass is 9.96. The van der Waals surface area contributed by atoms with E-state index >= 15 is 4.39 Å². The van der Waals surface area contributed by atoms with Gasteiger partial charge in [-0.1, -0.05) is 18.2 Å². The number of hydrogen-bond acceptors (Lipinski definition) is 3. The van der Waals surface area contributed by atoms with Gasteiger partial charge in [0.25, 0.3) is 0 Å². The third-order valence-corrected chi connectivity index (χ3v) is 7.59. The van der Waals surface area contributed by atoms with Gasteiger partial charge in [0.05, 0.1) is 0 Å². The first kappa shape index (κ1) is 20.3. The number of rotatable bonds is 6. The molecule has 1 aliphatic carbocycles. The molecule has 1 heterocycles. The molecule has 2 fully saturated rings. The summed E-state index contributed by atoms with van der Waals surface area (Å²) in [6.45, 7) is 0.563. The molecule has 0 amide bonds. The predicted octanol–water partition coefficient (Wildman–Crippen LogP) is 4.05. The van der Waals surface area contributed by atoms with Gasteiger partial charge in [-0.3, -0.25) is 0 Å². The van der Waals surface area contributed by atoms with Crippen LogP contribution in [0, 0.1) is 22.2 Å². The molecule has 2 aliphatic rings. The van der Waals surface area contributed by atoms with Crippen molar-refractivity contribution in [1.82, 2.24) is 10.0 Å². The average Bonchev–Trinajstić information content (AvgIpc) is 3.27. The highest BCUT2D eigenvalue weighted by molar-refractivity contribution is 7.92. The van der Waals surface area contributed by atoms with E-state index in [1.165, 1.54) is 6.07 Å². The summed E-state index contributed by atoms with van der Waals surface area (Å²) < 4.78 is 79.3. The quantitative estimate of drug-likeness (QED) is 0.609. The van der Waals surface area contributed by atoms with Crippen LogP contribution in [0.5, 0.6) is 0 Å². The van der Waals surface area contributed by atoms with E-state index in [4.69, 9.17) is 4.78 Å². The molecule has 0 radical (unpaired) electrons. The number of hydrogen-bond donors (Lipinski definition) is 3. The minimum Gasteiger partial charge on any atom is -0.312 e. The minimum atomic E-state index is -3.60. The summed E-state index contributed by atoms with van der Waals surface area (Å²) in [6.07, 6.45) is 0.943. The number of halogens is 4. The Bertz CT molecular complexity index is 1020. The van der Waals surface area contributed by atoms with Crippen molar-refractivity contribution in [3.8, 4) is 11.1 Å². The van der Waals surface area contributed by atoms with Crippen LogP contribution in [0.2, 0.25) is 0 Å². The zero-order valence-electron chi connectivity index (χ0n) is 15.5. The summed E-state index contributed by atoms with van der Waals surface area (Å²) in [4.78, 5) is 0. The molecule has 4 rings (SSSR count). The first-order chi connectivity index (χ1) is 13.7. The SMILES string of the molecule is N=S(=O)(N[C@H]1CCN[C@H]1Cc1cccc(-c2cc(F)cc(F)c2)c1F)C1(F)CC1. The Morgan fingerprint density at radius 1 is 1.17 bits per heavy atom. The van der Waals surface area contributed by atoms with Gasteiger partial charge >= 0.3 is 0 Å². The summed E-state index contributed by atoms with van der Waals surface area (Å²) in [6, 6.07) is 6.68. The van der Waals surface area contributed by atoms with E-state index in [1.807, 2.05) is 0 Å². The van der Waals surface area contributed by atoms with Gasteiger partial charge in [0, 0.05) is 23.7 Å². The maximum Gasteiger partial charge on any atom is 0.206 e. The molecule has 1 unspecified atom stereocenters. The fourth-order valence-electron chi connectivity index (χ4n) is 3.73. The maximum atomic E-state index is 15.1. The smallest absolute Gasteiger partial charge is 0.206 e. The first-order valence-corrected chi connectivity index (χ1v) is 11.0. The Balaban J connectivity index is 1.56. The molecule has 4 nitrogen and oxygen atoms in total. The largest absolute Gasteiger partial charge is 0.312 e. The summed E-state index contributed by atoms with van der Waals surface area (Å²) >= 11 is 0. The van der Waals surface area contributed by atoms with Crippen LogP contribution in [0.1, 0.15) is 24.8 Å². The zero-order valence-corrected chi connectivity index (χ0v) is 16.3. The van der Waals surface area contributed by atoms with Crippen molar-refractivity contribution < 1.29 is 21.8 Å². The van der Waals surface area contributed by atoms with Crippen molar-refractivity contribution in [2.45, 2.75) is 42.8 Å². The first-order valence-electron chi connectivity index (χ1n) is 9.40. The lowest BCUT2D eigenvalue weighted by Gasteiger charge is -2.24. The number of alkyl halides is 1. The van der Waals surface area contributed by atoms with Crippen LogP contribution in [0.3, 0.4) is 0 Å². The lowest BCUT2D eigenvalue weighted by molar-refractivity contribution is 0.406. The van der Waals surface area contributed by atoms with Crippen LogP contribution in [0.15, 0.2) is 36.4 Å². The van der Waals surface area contributed by atoms with E-state index in [9.17, 15) is 17.4 Å². The maximum absolute atomic E-state index is 15.1. The van der Waals surface area contributed by atoms with Gasteiger partial charge in [0.1, 0.15) is 27.4 Å². The fraction of sp³-hybridized carbons (Fsp3) is 0.400. The summed E-state index contributed by atoms with van der Waals surface area (Å²) in [5.41, 5.74) is 0.489. The van der Waals surface area contributed by atoms with Crippen LogP contribution in [0.25, 0.3) is 11.1 Å². The molecule has 1 aliphatic heterocycles. The van der Waals surface area contributed by atoms with Crippen molar-refractivity contribution in [2.24, 2.45) is 0 Å². The van der Waals surface area contributed by atoms with E-state index in [0.717, 1.165) is 18.2 Å². The Hall–Kier alpha value is -1.97. The highest BCUT2D eigenvalue weighted by atomic mass is 32.2. The predicted molar refractivity (Wildman–Crippen MR) is 103 cm³/mol. The molecule has 2 aromatic carbocycles. The van der Waals surface area contributed by atoms with Gasteiger partial charge in [-0.25, -0.2) is 31.3 Å². The Kier molecular flexibility index (Phi) is 5.16. The molecule has 3 atom stereocenters. The van der Waals surface area contributed by atoms with E-state index in [-0.39, 0.29) is 36.4 Å². The van der Waals surface area contributed by atoms with Gasteiger partial charge in [-0.2, -0.15) is 0 Å². The molecule has 1 saturated heterocycles. The van der Waals surface area contributed by atoms with E-state index < -0.39 is 38.4 Å². The van der Waals surface area contributed by atoms with E-state index in [2.05, 4.69) is 10.0 Å². The van der Waals surface area contributed by atoms with E-state index in [0.29, 0.717) is 18.5 Å². The van der Waals surface area contributed by atoms with Crippen molar-refractivity contribution >= 4 is 9.92 Å². The molecule has 0 spiro atoms. The molecular formula is C20H21F4N3OS. The Morgan fingerprint density at radius 2 is 1.86 bits per heavy atom. The third-order valence-electron chi connectivity index (χ3n) is 5.52. The van der Waals surface area contributed by atoms with Gasteiger partial charge in [0.2, 0.25) is 5.00 Å². The third kappa shape index (κ3) is 4.04. The second kappa shape index (κ2) is 7.37. The van der Waals surface area contributed by atoms with E-state index in [1.54, 1.807) is 12.1 Å². The second-order valence-electron chi connectivity index (χ2n) is 7.65. The lowest BCUT2D eigenvalue weighted by Crippen LogP contribution is -2.47. The van der Waals surface area contributed by atoms with Crippen LogP contribution >= 0.6 is 0 Å². The molecule has 3 N–H and O–H groups in total. The van der Waals surface area contributed by atoms with Crippen LogP contribution in [-0.4, -0.2) is 27.8 Å². The highest BCUT2D eigenvalue weighted by Gasteiger charge is 2.54. The topological polar surface area (TPSA) is 65.0 Å².